The van der Waals surface area contributed by atoms with Gasteiger partial charge in [-0.3, -0.25) is 9.69 Å². The molecule has 1 aromatic heterocycles. The number of hydrogen-bond donors (Lipinski definition) is 0. The van der Waals surface area contributed by atoms with Crippen molar-refractivity contribution in [2.75, 3.05) is 26.7 Å². The maximum absolute atomic E-state index is 12.9. The van der Waals surface area contributed by atoms with Crippen LogP contribution in [0.1, 0.15) is 28.1 Å². The van der Waals surface area contributed by atoms with E-state index >= 15 is 0 Å². The van der Waals surface area contributed by atoms with Crippen LogP contribution in [0.4, 0.5) is 0 Å². The second-order valence-corrected chi connectivity index (χ2v) is 11.1. The third-order valence-electron chi connectivity index (χ3n) is 6.55. The van der Waals surface area contributed by atoms with Gasteiger partial charge in [0.1, 0.15) is 15.8 Å². The predicted molar refractivity (Wildman–Crippen MR) is 149 cm³/mol. The van der Waals surface area contributed by atoms with Gasteiger partial charge in [-0.05, 0) is 49.8 Å². The van der Waals surface area contributed by atoms with Crippen molar-refractivity contribution in [2.24, 2.45) is 5.92 Å². The molecule has 2 aliphatic rings. The van der Waals surface area contributed by atoms with E-state index in [1.54, 1.807) is 17.0 Å². The number of esters is 1. The molecule has 1 unspecified atom stereocenters. The highest BCUT2D eigenvalue weighted by atomic mass is 32.2. The summed E-state index contributed by atoms with van der Waals surface area (Å²) in [6, 6.07) is 20.9. The van der Waals surface area contributed by atoms with E-state index in [4.69, 9.17) is 21.4 Å². The van der Waals surface area contributed by atoms with E-state index < -0.39 is 0 Å². The van der Waals surface area contributed by atoms with Crippen molar-refractivity contribution in [1.29, 1.82) is 0 Å². The molecule has 190 valence electrons. The average Bonchev–Trinajstić information content (AvgIpc) is 3.63. The van der Waals surface area contributed by atoms with Crippen molar-refractivity contribution in [3.63, 3.8) is 0 Å². The first-order valence-corrected chi connectivity index (χ1v) is 13.5. The third kappa shape index (κ3) is 6.21. The number of ether oxygens (including phenoxy) is 1. The van der Waals surface area contributed by atoms with E-state index in [0.29, 0.717) is 46.0 Å². The minimum atomic E-state index is -0.300. The van der Waals surface area contributed by atoms with Gasteiger partial charge in [0.15, 0.2) is 0 Å². The Bertz CT molecular complexity index is 1320. The fourth-order valence-electron chi connectivity index (χ4n) is 4.49. The first-order valence-electron chi connectivity index (χ1n) is 12.3. The maximum Gasteiger partial charge on any atom is 0.338 e. The molecule has 2 aliphatic heterocycles. The Balaban J connectivity index is 1.16. The zero-order valence-corrected chi connectivity index (χ0v) is 22.2. The van der Waals surface area contributed by atoms with E-state index in [0.717, 1.165) is 36.4 Å². The molecule has 6 nitrogen and oxygen atoms in total. The first-order chi connectivity index (χ1) is 18.0. The lowest BCUT2D eigenvalue weighted by Gasteiger charge is -2.14. The van der Waals surface area contributed by atoms with Crippen LogP contribution in [0.25, 0.3) is 11.3 Å². The summed E-state index contributed by atoms with van der Waals surface area (Å²) < 4.78 is 12.1. The average molecular weight is 533 g/mol. The van der Waals surface area contributed by atoms with Crippen molar-refractivity contribution < 1.29 is 18.7 Å². The van der Waals surface area contributed by atoms with Crippen LogP contribution >= 0.6 is 24.0 Å². The highest BCUT2D eigenvalue weighted by Gasteiger charge is 2.31. The number of furan rings is 1. The second-order valence-electron chi connectivity index (χ2n) is 9.38. The lowest BCUT2D eigenvalue weighted by Crippen LogP contribution is -2.27. The largest absolute Gasteiger partial charge is 0.462 e. The lowest BCUT2D eigenvalue weighted by molar-refractivity contribution is -0.122. The molecular formula is C29H28N2O4S2. The highest BCUT2D eigenvalue weighted by Crippen LogP contribution is 2.33. The van der Waals surface area contributed by atoms with Crippen LogP contribution in [0.5, 0.6) is 0 Å². The summed E-state index contributed by atoms with van der Waals surface area (Å²) in [7, 11) is 2.08. The van der Waals surface area contributed by atoms with Gasteiger partial charge in [-0.25, -0.2) is 4.79 Å². The van der Waals surface area contributed by atoms with Crippen LogP contribution in [0.15, 0.2) is 82.1 Å². The molecule has 1 amide bonds. The van der Waals surface area contributed by atoms with Crippen molar-refractivity contribution in [3.8, 4) is 11.3 Å². The van der Waals surface area contributed by atoms with Gasteiger partial charge in [0.25, 0.3) is 5.91 Å². The number of hydrogen-bond acceptors (Lipinski definition) is 7. The van der Waals surface area contributed by atoms with Crippen LogP contribution < -0.4 is 0 Å². The number of thioether (sulfide) groups is 1. The normalized spacial score (nSPS) is 19.2. The lowest BCUT2D eigenvalue weighted by atomic mass is 10.1. The quantitative estimate of drug-likeness (QED) is 0.214. The van der Waals surface area contributed by atoms with E-state index in [-0.39, 0.29) is 11.9 Å². The van der Waals surface area contributed by atoms with Crippen molar-refractivity contribution in [3.05, 3.63) is 94.6 Å². The van der Waals surface area contributed by atoms with E-state index in [1.165, 1.54) is 11.8 Å². The topological polar surface area (TPSA) is 63.0 Å². The Hall–Kier alpha value is -3.20. The summed E-state index contributed by atoms with van der Waals surface area (Å²) in [5, 5.41) is 0. The van der Waals surface area contributed by atoms with E-state index in [9.17, 15) is 9.59 Å². The number of carbonyl (C=O) groups excluding carboxylic acids is 2. The zero-order valence-electron chi connectivity index (χ0n) is 20.6. The second kappa shape index (κ2) is 11.5. The molecule has 1 atom stereocenters. The number of nitrogens with zero attached hydrogens (tertiary/aromatic N) is 2. The monoisotopic (exact) mass is 532 g/mol. The standard InChI is InChI=1S/C29H28N2O4S2/c1-30-16-15-21(17-30)19-34-28(33)23-9-7-22(8-10-23)25-13-11-24(35-25)12-14-26-27(32)31(29(36)37-26)18-20-5-3-2-4-6-20/h2-11,13-14,21H,12,15-19H2,1H3/b26-14+. The summed E-state index contributed by atoms with van der Waals surface area (Å²) in [6.07, 6.45) is 3.41. The van der Waals surface area contributed by atoms with Gasteiger partial charge in [0.05, 0.1) is 23.6 Å². The molecule has 8 heteroatoms. The molecule has 3 heterocycles. The minimum absolute atomic E-state index is 0.0759. The first kappa shape index (κ1) is 25.4. The summed E-state index contributed by atoms with van der Waals surface area (Å²) >= 11 is 6.76. The van der Waals surface area contributed by atoms with Gasteiger partial charge in [-0.2, -0.15) is 0 Å². The molecule has 37 heavy (non-hydrogen) atoms. The van der Waals surface area contributed by atoms with Crippen LogP contribution in [-0.2, 0) is 22.5 Å². The van der Waals surface area contributed by atoms with Gasteiger partial charge in [0.2, 0.25) is 0 Å². The van der Waals surface area contributed by atoms with Gasteiger partial charge in [-0.1, -0.05) is 72.5 Å². The maximum atomic E-state index is 12.9. The summed E-state index contributed by atoms with van der Waals surface area (Å²) in [5.41, 5.74) is 2.44. The van der Waals surface area contributed by atoms with E-state index in [2.05, 4.69) is 11.9 Å². The minimum Gasteiger partial charge on any atom is -0.462 e. The van der Waals surface area contributed by atoms with Gasteiger partial charge < -0.3 is 14.1 Å². The summed E-state index contributed by atoms with van der Waals surface area (Å²) in [6.45, 7) is 2.94. The Labute approximate surface area is 226 Å². The fraction of sp³-hybridized carbons (Fsp3) is 0.276. The smallest absolute Gasteiger partial charge is 0.338 e. The molecule has 2 aromatic carbocycles. The molecule has 2 saturated heterocycles. The number of rotatable bonds is 8. The molecule has 0 bridgehead atoms. The Kier molecular flexibility index (Phi) is 7.88. The molecule has 2 fully saturated rings. The van der Waals surface area contributed by atoms with Gasteiger partial charge in [-0.15, -0.1) is 0 Å². The molecule has 0 N–H and O–H groups in total. The molecule has 0 saturated carbocycles. The Morgan fingerprint density at radius 3 is 2.65 bits per heavy atom. The Morgan fingerprint density at radius 2 is 1.92 bits per heavy atom. The fourth-order valence-corrected chi connectivity index (χ4v) is 5.71. The van der Waals surface area contributed by atoms with Crippen molar-refractivity contribution in [1.82, 2.24) is 9.80 Å². The number of likely N-dealkylation sites (tertiary alicyclic amines) is 1. The SMILES string of the molecule is CN1CCC(COC(=O)c2ccc(-c3ccc(C/C=C4/SC(=S)N(Cc5ccccc5)C4=O)o3)cc2)C1. The number of benzene rings is 2. The molecule has 0 radical (unpaired) electrons. The zero-order chi connectivity index (χ0) is 25.8. The number of thiocarbonyl (C=S) groups is 1. The van der Waals surface area contributed by atoms with Crippen LogP contribution in [0, 0.1) is 5.92 Å². The van der Waals surface area contributed by atoms with Gasteiger partial charge >= 0.3 is 5.97 Å². The predicted octanol–water partition coefficient (Wildman–Crippen LogP) is 5.54. The molecule has 5 rings (SSSR count). The van der Waals surface area contributed by atoms with Crippen molar-refractivity contribution in [2.45, 2.75) is 19.4 Å². The number of amides is 1. The van der Waals surface area contributed by atoms with Gasteiger partial charge in [0, 0.05) is 24.4 Å². The molecule has 0 spiro atoms. The van der Waals surface area contributed by atoms with Crippen LogP contribution in [-0.4, -0.2) is 52.7 Å². The summed E-state index contributed by atoms with van der Waals surface area (Å²) in [5.74, 6) is 1.48. The molecule has 3 aromatic rings. The van der Waals surface area contributed by atoms with Crippen LogP contribution in [0.2, 0.25) is 0 Å². The van der Waals surface area contributed by atoms with Crippen molar-refractivity contribution >= 4 is 40.2 Å². The van der Waals surface area contributed by atoms with E-state index in [1.807, 2.05) is 60.7 Å². The molecular weight excluding hydrogens is 504 g/mol. The Morgan fingerprint density at radius 1 is 1.14 bits per heavy atom. The summed E-state index contributed by atoms with van der Waals surface area (Å²) in [4.78, 5) is 29.8. The highest BCUT2D eigenvalue weighted by molar-refractivity contribution is 8.26. The number of allylic oxidation sites excluding steroid dienone is 1. The molecule has 0 aliphatic carbocycles. The third-order valence-corrected chi connectivity index (χ3v) is 7.98. The van der Waals surface area contributed by atoms with Crippen LogP contribution in [0.3, 0.4) is 0 Å². The number of carbonyl (C=O) groups is 2.